The van der Waals surface area contributed by atoms with Crippen molar-refractivity contribution in [1.82, 2.24) is 9.38 Å². The zero-order valence-electron chi connectivity index (χ0n) is 11.2. The van der Waals surface area contributed by atoms with Crippen molar-refractivity contribution in [3.05, 3.63) is 21.7 Å². The van der Waals surface area contributed by atoms with Gasteiger partial charge in [-0.3, -0.25) is 0 Å². The van der Waals surface area contributed by atoms with Crippen molar-refractivity contribution in [2.24, 2.45) is 11.1 Å². The molecular weight excluding hydrogens is 266 g/mol. The average molecular weight is 283 g/mol. The zero-order chi connectivity index (χ0) is 14.2. The lowest BCUT2D eigenvalue weighted by Gasteiger charge is -2.28. The predicted molar refractivity (Wildman–Crippen MR) is 75.8 cm³/mol. The van der Waals surface area contributed by atoms with Crippen molar-refractivity contribution < 1.29 is 4.92 Å². The Balaban J connectivity index is 2.41. The molecule has 2 aromatic rings. The molecule has 2 aromatic heterocycles. The summed E-state index contributed by atoms with van der Waals surface area (Å²) in [7, 11) is 1.80. The van der Waals surface area contributed by atoms with E-state index < -0.39 is 4.92 Å². The van der Waals surface area contributed by atoms with Gasteiger partial charge in [-0.25, -0.2) is 0 Å². The van der Waals surface area contributed by atoms with Gasteiger partial charge in [-0.2, -0.15) is 9.38 Å². The van der Waals surface area contributed by atoms with Crippen LogP contribution in [0.25, 0.3) is 4.96 Å². The number of aromatic nitrogens is 2. The van der Waals surface area contributed by atoms with Gasteiger partial charge in [0, 0.05) is 19.0 Å². The summed E-state index contributed by atoms with van der Waals surface area (Å²) in [4.78, 5) is 17.6. The highest BCUT2D eigenvalue weighted by Gasteiger charge is 2.29. The van der Waals surface area contributed by atoms with Gasteiger partial charge >= 0.3 is 5.82 Å². The Morgan fingerprint density at radius 2 is 2.32 bits per heavy atom. The van der Waals surface area contributed by atoms with Gasteiger partial charge in [0.2, 0.25) is 5.82 Å². The lowest BCUT2D eigenvalue weighted by molar-refractivity contribution is -0.389. The molecule has 0 fully saturated rings. The molecule has 0 saturated heterocycles. The maximum absolute atomic E-state index is 11.2. The lowest BCUT2D eigenvalue weighted by Crippen LogP contribution is -2.37. The summed E-state index contributed by atoms with van der Waals surface area (Å²) in [6.45, 7) is 5.16. The average Bonchev–Trinajstić information content (AvgIpc) is 2.86. The van der Waals surface area contributed by atoms with Crippen molar-refractivity contribution in [2.45, 2.75) is 13.8 Å². The highest BCUT2D eigenvalue weighted by molar-refractivity contribution is 7.15. The molecule has 0 aliphatic rings. The molecular formula is C11H17N5O2S. The summed E-state index contributed by atoms with van der Waals surface area (Å²) >= 11 is 1.38. The van der Waals surface area contributed by atoms with Crippen LogP contribution in [-0.4, -0.2) is 34.4 Å². The van der Waals surface area contributed by atoms with Crippen molar-refractivity contribution in [2.75, 3.05) is 25.0 Å². The van der Waals surface area contributed by atoms with Crippen LogP contribution >= 0.6 is 11.3 Å². The number of anilines is 1. The van der Waals surface area contributed by atoms with E-state index in [1.54, 1.807) is 23.5 Å². The van der Waals surface area contributed by atoms with Crippen LogP contribution in [0.4, 0.5) is 11.6 Å². The van der Waals surface area contributed by atoms with Gasteiger partial charge in [0.15, 0.2) is 0 Å². The molecule has 2 rings (SSSR count). The third kappa shape index (κ3) is 2.54. The van der Waals surface area contributed by atoms with E-state index in [1.165, 1.54) is 15.7 Å². The monoisotopic (exact) mass is 283 g/mol. The summed E-state index contributed by atoms with van der Waals surface area (Å²) in [5.74, 6) is 0.393. The number of thiazole rings is 1. The first-order valence-electron chi connectivity index (χ1n) is 5.87. The highest BCUT2D eigenvalue weighted by Crippen LogP contribution is 2.31. The van der Waals surface area contributed by atoms with Gasteiger partial charge in [-0.15, -0.1) is 0 Å². The van der Waals surface area contributed by atoms with E-state index in [1.807, 2.05) is 13.8 Å². The van der Waals surface area contributed by atoms with Crippen LogP contribution in [-0.2, 0) is 0 Å². The van der Waals surface area contributed by atoms with E-state index >= 15 is 0 Å². The molecule has 2 heterocycles. The van der Waals surface area contributed by atoms with E-state index in [4.69, 9.17) is 5.73 Å². The van der Waals surface area contributed by atoms with Gasteiger partial charge in [0.05, 0.1) is 0 Å². The molecule has 0 radical (unpaired) electrons. The summed E-state index contributed by atoms with van der Waals surface area (Å²) in [6, 6.07) is 0. The molecule has 0 aliphatic carbocycles. The van der Waals surface area contributed by atoms with Crippen molar-refractivity contribution in [3.8, 4) is 0 Å². The normalized spacial score (nSPS) is 12.0. The second kappa shape index (κ2) is 4.78. The molecule has 0 bridgehead atoms. The van der Waals surface area contributed by atoms with Gasteiger partial charge in [-0.05, 0) is 16.9 Å². The maximum Gasteiger partial charge on any atom is 0.373 e. The highest BCUT2D eigenvalue weighted by atomic mass is 32.1. The minimum Gasteiger partial charge on any atom is -0.358 e. The third-order valence-electron chi connectivity index (χ3n) is 2.97. The van der Waals surface area contributed by atoms with Crippen molar-refractivity contribution in [1.29, 1.82) is 0 Å². The van der Waals surface area contributed by atoms with Crippen LogP contribution < -0.4 is 10.6 Å². The molecule has 8 heteroatoms. The number of nitrogens with zero attached hydrogens (tertiary/aromatic N) is 4. The first-order chi connectivity index (χ1) is 8.85. The van der Waals surface area contributed by atoms with Gasteiger partial charge in [0.25, 0.3) is 4.96 Å². The molecule has 0 amide bonds. The summed E-state index contributed by atoms with van der Waals surface area (Å²) in [6.07, 6.45) is 1.66. The lowest BCUT2D eigenvalue weighted by atomic mass is 9.93. The fourth-order valence-electron chi connectivity index (χ4n) is 1.97. The first-order valence-corrected chi connectivity index (χ1v) is 6.75. The van der Waals surface area contributed by atoms with E-state index in [-0.39, 0.29) is 11.2 Å². The Kier molecular flexibility index (Phi) is 3.46. The molecule has 104 valence electrons. The van der Waals surface area contributed by atoms with Gasteiger partial charge < -0.3 is 20.7 Å². The van der Waals surface area contributed by atoms with Crippen molar-refractivity contribution in [3.63, 3.8) is 0 Å². The molecule has 2 N–H and O–H groups in total. The standard InChI is InChI=1S/C11H17N5O2S/c1-11(2,6-12)7-14(3)8-9(16(17)18)15-4-5-19-10(15)13-8/h4-5H,6-7,12H2,1-3H3. The molecule has 0 saturated carbocycles. The number of hydrogen-bond acceptors (Lipinski definition) is 6. The predicted octanol–water partition coefficient (Wildman–Crippen LogP) is 1.73. The molecule has 0 aromatic carbocycles. The van der Waals surface area contributed by atoms with Crippen LogP contribution in [0.5, 0.6) is 0 Å². The molecule has 0 atom stereocenters. The molecule has 0 spiro atoms. The van der Waals surface area contributed by atoms with E-state index in [2.05, 4.69) is 4.98 Å². The minimum absolute atomic E-state index is 0.00608. The SMILES string of the molecule is CN(CC(C)(C)CN)c1nc2sccn2c1[N+](=O)[O-]. The quantitative estimate of drug-likeness (QED) is 0.666. The Morgan fingerprint density at radius 3 is 2.89 bits per heavy atom. The molecule has 0 aliphatic heterocycles. The van der Waals surface area contributed by atoms with E-state index in [0.29, 0.717) is 23.9 Å². The fourth-order valence-corrected chi connectivity index (χ4v) is 2.67. The second-order valence-corrected chi connectivity index (χ2v) is 6.17. The molecule has 7 nitrogen and oxygen atoms in total. The number of imidazole rings is 1. The smallest absolute Gasteiger partial charge is 0.358 e. The molecule has 19 heavy (non-hydrogen) atoms. The van der Waals surface area contributed by atoms with Gasteiger partial charge in [-0.1, -0.05) is 25.2 Å². The Hall–Kier alpha value is -1.67. The summed E-state index contributed by atoms with van der Waals surface area (Å²) < 4.78 is 1.51. The van der Waals surface area contributed by atoms with Crippen LogP contribution in [0.15, 0.2) is 11.6 Å². The van der Waals surface area contributed by atoms with E-state index in [9.17, 15) is 10.1 Å². The number of hydrogen-bond donors (Lipinski definition) is 1. The van der Waals surface area contributed by atoms with Gasteiger partial charge in [0.1, 0.15) is 6.20 Å². The van der Waals surface area contributed by atoms with Crippen molar-refractivity contribution >= 4 is 27.9 Å². The first kappa shape index (κ1) is 13.8. The Bertz CT molecular complexity index is 603. The van der Waals surface area contributed by atoms with Crippen LogP contribution in [0.1, 0.15) is 13.8 Å². The zero-order valence-corrected chi connectivity index (χ0v) is 12.0. The summed E-state index contributed by atoms with van der Waals surface area (Å²) in [5, 5.41) is 13.0. The number of rotatable bonds is 5. The minimum atomic E-state index is -0.395. The molecule has 0 unspecified atom stereocenters. The number of nitro groups is 1. The van der Waals surface area contributed by atoms with E-state index in [0.717, 1.165) is 0 Å². The Labute approximate surface area is 114 Å². The Morgan fingerprint density at radius 1 is 1.63 bits per heavy atom. The second-order valence-electron chi connectivity index (χ2n) is 5.30. The topological polar surface area (TPSA) is 89.7 Å². The fraction of sp³-hybridized carbons (Fsp3) is 0.545. The number of nitrogens with two attached hydrogens (primary N) is 1. The summed E-state index contributed by atoms with van der Waals surface area (Å²) in [5.41, 5.74) is 5.58. The number of fused-ring (bicyclic) bond motifs is 1. The maximum atomic E-state index is 11.2. The largest absolute Gasteiger partial charge is 0.373 e. The van der Waals surface area contributed by atoms with Crippen LogP contribution in [0.2, 0.25) is 0 Å². The van der Waals surface area contributed by atoms with Crippen LogP contribution in [0, 0.1) is 15.5 Å². The third-order valence-corrected chi connectivity index (χ3v) is 3.73. The van der Waals surface area contributed by atoms with Crippen LogP contribution in [0.3, 0.4) is 0 Å².